The lowest BCUT2D eigenvalue weighted by atomic mass is 9.85. The summed E-state index contributed by atoms with van der Waals surface area (Å²) in [6, 6.07) is 1.88. The molecule has 0 unspecified atom stereocenters. The predicted molar refractivity (Wildman–Crippen MR) is 108 cm³/mol. The summed E-state index contributed by atoms with van der Waals surface area (Å²) in [5, 5.41) is 0. The van der Waals surface area contributed by atoms with E-state index in [0.29, 0.717) is 24.2 Å². The number of carbonyl (C=O) groups excluding carboxylic acids is 1. The lowest BCUT2D eigenvalue weighted by Gasteiger charge is -2.41. The van der Waals surface area contributed by atoms with Gasteiger partial charge in [0.1, 0.15) is 11.1 Å². The van der Waals surface area contributed by atoms with Gasteiger partial charge in [0.2, 0.25) is 0 Å². The zero-order valence-electron chi connectivity index (χ0n) is 17.3. The number of ether oxygens (including phenoxy) is 1. The van der Waals surface area contributed by atoms with Gasteiger partial charge >= 0.3 is 11.8 Å². The highest BCUT2D eigenvalue weighted by atomic mass is 16.6. The first-order valence-electron chi connectivity index (χ1n) is 9.32. The van der Waals surface area contributed by atoms with Crippen LogP contribution in [0.1, 0.15) is 39.7 Å². The molecular weight excluding hydrogens is 360 g/mol. The number of H-pyrrole nitrogens is 1. The second-order valence-corrected chi connectivity index (χ2v) is 8.41. The summed E-state index contributed by atoms with van der Waals surface area (Å²) in [5.74, 6) is 0.476. The lowest BCUT2D eigenvalue weighted by Crippen LogP contribution is -2.48. The van der Waals surface area contributed by atoms with Crippen molar-refractivity contribution in [3.8, 4) is 0 Å². The van der Waals surface area contributed by atoms with Gasteiger partial charge in [-0.25, -0.2) is 19.6 Å². The Morgan fingerprint density at radius 1 is 1.36 bits per heavy atom. The van der Waals surface area contributed by atoms with E-state index in [1.54, 1.807) is 33.9 Å². The largest absolute Gasteiger partial charge is 0.444 e. The molecule has 0 saturated heterocycles. The van der Waals surface area contributed by atoms with Crippen molar-refractivity contribution in [2.24, 2.45) is 4.99 Å². The molecule has 0 spiro atoms. The van der Waals surface area contributed by atoms with Gasteiger partial charge in [0.15, 0.2) is 5.82 Å². The fourth-order valence-electron chi connectivity index (χ4n) is 3.24. The van der Waals surface area contributed by atoms with Crippen LogP contribution in [0.4, 0.5) is 10.6 Å². The molecule has 0 aliphatic heterocycles. The Morgan fingerprint density at radius 2 is 2.04 bits per heavy atom. The minimum Gasteiger partial charge on any atom is -0.444 e. The maximum absolute atomic E-state index is 12.6. The van der Waals surface area contributed by atoms with Crippen LogP contribution in [0.25, 0.3) is 11.0 Å². The average Bonchev–Trinajstić information content (AvgIpc) is 2.86. The molecule has 1 aliphatic carbocycles. The summed E-state index contributed by atoms with van der Waals surface area (Å²) >= 11 is 0. The third-order valence-corrected chi connectivity index (χ3v) is 4.71. The lowest BCUT2D eigenvalue weighted by molar-refractivity contribution is 0.00790. The molecule has 0 bridgehead atoms. The monoisotopic (exact) mass is 388 g/mol. The molecule has 1 amide bonds. The summed E-state index contributed by atoms with van der Waals surface area (Å²) < 4.78 is 7.16. The van der Waals surface area contributed by atoms with E-state index in [1.807, 2.05) is 40.9 Å². The Morgan fingerprint density at radius 3 is 2.64 bits per heavy atom. The van der Waals surface area contributed by atoms with Crippen molar-refractivity contribution < 1.29 is 9.53 Å². The van der Waals surface area contributed by atoms with Crippen molar-refractivity contribution in [3.63, 3.8) is 0 Å². The van der Waals surface area contributed by atoms with Gasteiger partial charge in [-0.1, -0.05) is 0 Å². The van der Waals surface area contributed by atoms with E-state index >= 15 is 0 Å². The van der Waals surface area contributed by atoms with Crippen molar-refractivity contribution in [2.45, 2.75) is 51.3 Å². The van der Waals surface area contributed by atoms with Crippen LogP contribution in [0.15, 0.2) is 22.1 Å². The van der Waals surface area contributed by atoms with Crippen LogP contribution in [-0.4, -0.2) is 69.6 Å². The first kappa shape index (κ1) is 19.9. The maximum Gasteiger partial charge on any atom is 0.410 e. The Bertz CT molecular complexity index is 947. The molecular formula is C19H28N6O3. The molecule has 0 radical (unpaired) electrons. The fourth-order valence-corrected chi connectivity index (χ4v) is 3.24. The van der Waals surface area contributed by atoms with Crippen LogP contribution in [0, 0.1) is 0 Å². The summed E-state index contributed by atoms with van der Waals surface area (Å²) in [6.45, 7) is 5.54. The molecule has 0 atom stereocenters. The number of carbonyl (C=O) groups is 1. The Balaban J connectivity index is 1.78. The molecule has 9 heteroatoms. The number of aromatic nitrogens is 3. The summed E-state index contributed by atoms with van der Waals surface area (Å²) in [5.41, 5.74) is 0.676. The van der Waals surface area contributed by atoms with E-state index < -0.39 is 5.60 Å². The van der Waals surface area contributed by atoms with Crippen LogP contribution in [-0.2, 0) is 4.74 Å². The second kappa shape index (κ2) is 7.29. The van der Waals surface area contributed by atoms with Gasteiger partial charge in [-0.3, -0.25) is 4.57 Å². The molecule has 2 aromatic rings. The zero-order chi connectivity index (χ0) is 20.6. The third kappa shape index (κ3) is 4.02. The topological polar surface area (TPSA) is 95.8 Å². The van der Waals surface area contributed by atoms with Crippen LogP contribution in [0.2, 0.25) is 0 Å². The fraction of sp³-hybridized carbons (Fsp3) is 0.579. The third-order valence-electron chi connectivity index (χ3n) is 4.71. The number of imidazole rings is 1. The highest BCUT2D eigenvalue weighted by molar-refractivity contribution is 5.86. The first-order chi connectivity index (χ1) is 13.1. The Hall–Kier alpha value is -2.84. The number of hydrogen-bond donors (Lipinski definition) is 1. The number of nitrogens with zero attached hydrogens (tertiary/aromatic N) is 5. The number of hydrogen-bond acceptors (Lipinski definition) is 5. The van der Waals surface area contributed by atoms with Crippen molar-refractivity contribution in [1.82, 2.24) is 24.3 Å². The number of aromatic amines is 1. The van der Waals surface area contributed by atoms with Crippen molar-refractivity contribution in [3.05, 3.63) is 22.7 Å². The highest BCUT2D eigenvalue weighted by Gasteiger charge is 2.38. The van der Waals surface area contributed by atoms with Gasteiger partial charge in [0, 0.05) is 39.4 Å². The number of amides is 1. The standard InChI is InChI=1S/C19H28N6O3/c1-19(2,3)28-18(27)24(6)12-9-13(10-12)25-14-7-8-20-16(21-11-23(4)5)15(14)22-17(25)26/h7-8,11-13H,9-10H2,1-6H3,(H,22,26)/b21-11+. The van der Waals surface area contributed by atoms with Gasteiger partial charge in [0.05, 0.1) is 11.9 Å². The molecule has 2 aromatic heterocycles. The van der Waals surface area contributed by atoms with E-state index in [4.69, 9.17) is 4.74 Å². The van der Waals surface area contributed by atoms with E-state index in [2.05, 4.69) is 15.0 Å². The van der Waals surface area contributed by atoms with Gasteiger partial charge < -0.3 is 19.5 Å². The minimum atomic E-state index is -0.529. The van der Waals surface area contributed by atoms with E-state index in [1.165, 1.54) is 0 Å². The van der Waals surface area contributed by atoms with E-state index in [0.717, 1.165) is 5.52 Å². The van der Waals surface area contributed by atoms with Crippen LogP contribution >= 0.6 is 0 Å². The van der Waals surface area contributed by atoms with E-state index in [-0.39, 0.29) is 23.9 Å². The second-order valence-electron chi connectivity index (χ2n) is 8.41. The molecule has 152 valence electrons. The molecule has 2 heterocycles. The average molecular weight is 388 g/mol. The van der Waals surface area contributed by atoms with Gasteiger partial charge in [-0.2, -0.15) is 0 Å². The molecule has 1 saturated carbocycles. The predicted octanol–water partition coefficient (Wildman–Crippen LogP) is 2.52. The number of aliphatic imine (C=N–C) groups is 1. The summed E-state index contributed by atoms with van der Waals surface area (Å²) in [4.78, 5) is 39.7. The molecule has 1 N–H and O–H groups in total. The van der Waals surface area contributed by atoms with Crippen LogP contribution < -0.4 is 5.69 Å². The number of rotatable bonds is 4. The zero-order valence-corrected chi connectivity index (χ0v) is 17.3. The van der Waals surface area contributed by atoms with Gasteiger partial charge in [-0.15, -0.1) is 0 Å². The van der Waals surface area contributed by atoms with Crippen LogP contribution in [0.5, 0.6) is 0 Å². The molecule has 28 heavy (non-hydrogen) atoms. The van der Waals surface area contributed by atoms with Gasteiger partial charge in [-0.05, 0) is 39.7 Å². The smallest absolute Gasteiger partial charge is 0.410 e. The first-order valence-corrected chi connectivity index (χ1v) is 9.32. The normalized spacial score (nSPS) is 19.6. The molecule has 0 aromatic carbocycles. The molecule has 1 fully saturated rings. The quantitative estimate of drug-likeness (QED) is 0.641. The van der Waals surface area contributed by atoms with Crippen molar-refractivity contribution in [1.29, 1.82) is 0 Å². The molecule has 1 aliphatic rings. The number of pyridine rings is 1. The van der Waals surface area contributed by atoms with Gasteiger partial charge in [0.25, 0.3) is 0 Å². The Labute approximate surface area is 164 Å². The van der Waals surface area contributed by atoms with Crippen molar-refractivity contribution >= 4 is 29.3 Å². The van der Waals surface area contributed by atoms with Crippen molar-refractivity contribution in [2.75, 3.05) is 21.1 Å². The summed E-state index contributed by atoms with van der Waals surface area (Å²) in [6.07, 6.45) is 4.35. The number of fused-ring (bicyclic) bond motifs is 1. The van der Waals surface area contributed by atoms with E-state index in [9.17, 15) is 9.59 Å². The Kier molecular flexibility index (Phi) is 5.18. The number of nitrogens with one attached hydrogen (secondary N) is 1. The molecule has 9 nitrogen and oxygen atoms in total. The summed E-state index contributed by atoms with van der Waals surface area (Å²) in [7, 11) is 5.48. The maximum atomic E-state index is 12.6. The molecule has 3 rings (SSSR count). The SMILES string of the molecule is CN(C)/C=N/c1nccc2c1[nH]c(=O)n2C1CC(N(C)C(=O)OC(C)(C)C)C1. The highest BCUT2D eigenvalue weighted by Crippen LogP contribution is 2.37. The minimum absolute atomic E-state index is 0.0178. The van der Waals surface area contributed by atoms with Crippen LogP contribution in [0.3, 0.4) is 0 Å².